The quantitative estimate of drug-likeness (QED) is 0.588. The number of rotatable bonds is 4. The van der Waals surface area contributed by atoms with Crippen molar-refractivity contribution in [2.24, 2.45) is 5.92 Å². The highest BCUT2D eigenvalue weighted by Crippen LogP contribution is 2.32. The Morgan fingerprint density at radius 2 is 1.77 bits per heavy atom. The zero-order valence-electron chi connectivity index (χ0n) is 15.0. The average Bonchev–Trinajstić information content (AvgIpc) is 3.02. The van der Waals surface area contributed by atoms with Crippen LogP contribution in [0.25, 0.3) is 27.6 Å². The molecule has 5 nitrogen and oxygen atoms in total. The van der Waals surface area contributed by atoms with Crippen molar-refractivity contribution in [1.82, 2.24) is 14.5 Å². The van der Waals surface area contributed by atoms with Gasteiger partial charge in [0.1, 0.15) is 17.9 Å². The normalized spacial score (nSPS) is 11.7. The van der Waals surface area contributed by atoms with Gasteiger partial charge in [-0.25, -0.2) is 9.97 Å². The Bertz CT molecular complexity index is 1100. The van der Waals surface area contributed by atoms with E-state index in [1.54, 1.807) is 0 Å². The number of aliphatic hydroxyl groups is 1. The van der Waals surface area contributed by atoms with Gasteiger partial charge in [0.05, 0.1) is 16.7 Å². The van der Waals surface area contributed by atoms with Gasteiger partial charge in [0, 0.05) is 5.39 Å². The van der Waals surface area contributed by atoms with Crippen LogP contribution in [0.15, 0.2) is 48.5 Å². The van der Waals surface area contributed by atoms with E-state index >= 15 is 0 Å². The maximum Gasteiger partial charge on any atom is 0.152 e. The maximum atomic E-state index is 9.97. The van der Waals surface area contributed by atoms with Crippen LogP contribution in [0.1, 0.15) is 25.2 Å². The Balaban J connectivity index is 2.13. The number of hydrogen-bond acceptors (Lipinski definition) is 4. The maximum absolute atomic E-state index is 9.97. The second-order valence-corrected chi connectivity index (χ2v) is 6.96. The number of aromatic nitrogens is 3. The van der Waals surface area contributed by atoms with Crippen molar-refractivity contribution < 1.29 is 5.11 Å². The van der Waals surface area contributed by atoms with Crippen LogP contribution in [0.4, 0.5) is 5.82 Å². The number of pyridine rings is 1. The smallest absolute Gasteiger partial charge is 0.152 e. The molecule has 2 aromatic heterocycles. The molecule has 3 N–H and O–H groups in total. The van der Waals surface area contributed by atoms with Crippen LogP contribution in [-0.4, -0.2) is 19.6 Å². The fourth-order valence-electron chi connectivity index (χ4n) is 3.55. The molecule has 26 heavy (non-hydrogen) atoms. The van der Waals surface area contributed by atoms with Crippen molar-refractivity contribution in [1.29, 1.82) is 0 Å². The number of benzene rings is 2. The van der Waals surface area contributed by atoms with Crippen molar-refractivity contribution >= 4 is 27.8 Å². The highest BCUT2D eigenvalue weighted by Gasteiger charge is 2.19. The molecule has 0 amide bonds. The molecule has 5 heteroatoms. The topological polar surface area (TPSA) is 77.0 Å². The molecule has 4 rings (SSSR count). The number of para-hydroxylation sites is 2. The van der Waals surface area contributed by atoms with E-state index in [1.807, 2.05) is 41.0 Å². The highest BCUT2D eigenvalue weighted by molar-refractivity contribution is 6.07. The van der Waals surface area contributed by atoms with Gasteiger partial charge >= 0.3 is 0 Å². The molecule has 0 radical (unpaired) electrons. The van der Waals surface area contributed by atoms with Crippen LogP contribution < -0.4 is 5.73 Å². The van der Waals surface area contributed by atoms with Crippen LogP contribution >= 0.6 is 0 Å². The van der Waals surface area contributed by atoms with E-state index in [1.165, 1.54) is 5.56 Å². The van der Waals surface area contributed by atoms with E-state index in [-0.39, 0.29) is 6.61 Å². The predicted octanol–water partition coefficient (Wildman–Crippen LogP) is 3.85. The molecule has 0 saturated carbocycles. The first-order valence-corrected chi connectivity index (χ1v) is 8.84. The molecule has 0 aliphatic rings. The average molecular weight is 346 g/mol. The minimum Gasteiger partial charge on any atom is -0.388 e. The summed E-state index contributed by atoms with van der Waals surface area (Å²) >= 11 is 0. The lowest BCUT2D eigenvalue weighted by Gasteiger charge is -2.16. The molecule has 0 fully saturated rings. The summed E-state index contributed by atoms with van der Waals surface area (Å²) in [6.07, 6.45) is 0.944. The van der Waals surface area contributed by atoms with E-state index in [0.717, 1.165) is 28.5 Å². The van der Waals surface area contributed by atoms with Gasteiger partial charge in [-0.3, -0.25) is 4.57 Å². The Labute approximate surface area is 152 Å². The van der Waals surface area contributed by atoms with Gasteiger partial charge in [0.25, 0.3) is 0 Å². The van der Waals surface area contributed by atoms with Gasteiger partial charge in [0.2, 0.25) is 0 Å². The second-order valence-electron chi connectivity index (χ2n) is 6.96. The minimum atomic E-state index is -0.168. The van der Waals surface area contributed by atoms with Gasteiger partial charge in [-0.15, -0.1) is 0 Å². The van der Waals surface area contributed by atoms with Gasteiger partial charge in [0.15, 0.2) is 5.82 Å². The standard InChI is InChI=1S/C21H22N4O/c1-13(2)11-14-7-3-6-10-17(14)25-18(12-26)24-19-20(25)15-8-4-5-9-16(15)23-21(19)22/h3-10,13,26H,11-12H2,1-2H3,(H2,22,23). The van der Waals surface area contributed by atoms with Gasteiger partial charge < -0.3 is 10.8 Å². The summed E-state index contributed by atoms with van der Waals surface area (Å²) in [6.45, 7) is 4.23. The fraction of sp³-hybridized carbons (Fsp3) is 0.238. The third-order valence-electron chi connectivity index (χ3n) is 4.59. The number of nitrogens with zero attached hydrogens (tertiary/aromatic N) is 3. The molecule has 0 bridgehead atoms. The largest absolute Gasteiger partial charge is 0.388 e. The van der Waals surface area contributed by atoms with Gasteiger partial charge in [-0.2, -0.15) is 0 Å². The number of nitrogens with two attached hydrogens (primary N) is 1. The number of anilines is 1. The van der Waals surface area contributed by atoms with Crippen LogP contribution in [0.2, 0.25) is 0 Å². The van der Waals surface area contributed by atoms with Crippen molar-refractivity contribution in [2.45, 2.75) is 26.9 Å². The number of nitrogen functional groups attached to an aromatic ring is 1. The summed E-state index contributed by atoms with van der Waals surface area (Å²) in [5.74, 6) is 1.47. The summed E-state index contributed by atoms with van der Waals surface area (Å²) < 4.78 is 2.04. The van der Waals surface area contributed by atoms with E-state index in [9.17, 15) is 5.11 Å². The molecule has 132 valence electrons. The Morgan fingerprint density at radius 1 is 1.04 bits per heavy atom. The Hall–Kier alpha value is -2.92. The third-order valence-corrected chi connectivity index (χ3v) is 4.59. The number of imidazole rings is 1. The lowest BCUT2D eigenvalue weighted by molar-refractivity contribution is 0.270. The van der Waals surface area contributed by atoms with Crippen LogP contribution in [0.5, 0.6) is 0 Å². The van der Waals surface area contributed by atoms with Crippen LogP contribution in [0, 0.1) is 5.92 Å². The van der Waals surface area contributed by atoms with Crippen LogP contribution in [-0.2, 0) is 13.0 Å². The Kier molecular flexibility index (Phi) is 4.09. The molecule has 0 spiro atoms. The summed E-state index contributed by atoms with van der Waals surface area (Å²) in [5, 5.41) is 10.9. The monoisotopic (exact) mass is 346 g/mol. The molecule has 2 aromatic carbocycles. The van der Waals surface area contributed by atoms with Crippen molar-refractivity contribution in [3.05, 3.63) is 59.9 Å². The van der Waals surface area contributed by atoms with E-state index < -0.39 is 0 Å². The first-order chi connectivity index (χ1) is 12.6. The summed E-state index contributed by atoms with van der Waals surface area (Å²) in [7, 11) is 0. The zero-order chi connectivity index (χ0) is 18.3. The molecule has 2 heterocycles. The minimum absolute atomic E-state index is 0.168. The SMILES string of the molecule is CC(C)Cc1ccccc1-n1c(CO)nc2c(N)nc3ccccc3c21. The first kappa shape index (κ1) is 16.5. The molecule has 0 aliphatic carbocycles. The van der Waals surface area contributed by atoms with E-state index in [4.69, 9.17) is 5.73 Å². The van der Waals surface area contributed by atoms with Crippen LogP contribution in [0.3, 0.4) is 0 Å². The summed E-state index contributed by atoms with van der Waals surface area (Å²) in [6, 6.07) is 16.2. The molecular formula is C21H22N4O. The molecule has 0 saturated heterocycles. The Morgan fingerprint density at radius 3 is 2.54 bits per heavy atom. The number of hydrogen-bond donors (Lipinski definition) is 2. The summed E-state index contributed by atoms with van der Waals surface area (Å²) in [5.41, 5.74) is 10.8. The first-order valence-electron chi connectivity index (χ1n) is 8.84. The fourth-order valence-corrected chi connectivity index (χ4v) is 3.55. The second kappa shape index (κ2) is 6.42. The van der Waals surface area contributed by atoms with Gasteiger partial charge in [-0.05, 0) is 30.0 Å². The van der Waals surface area contributed by atoms with E-state index in [2.05, 4.69) is 35.9 Å². The zero-order valence-corrected chi connectivity index (χ0v) is 15.0. The van der Waals surface area contributed by atoms with Crippen molar-refractivity contribution in [3.63, 3.8) is 0 Å². The number of fused-ring (bicyclic) bond motifs is 3. The third kappa shape index (κ3) is 2.61. The van der Waals surface area contributed by atoms with Gasteiger partial charge in [-0.1, -0.05) is 50.2 Å². The molecule has 4 aromatic rings. The highest BCUT2D eigenvalue weighted by atomic mass is 16.3. The molecule has 0 unspecified atom stereocenters. The molecule has 0 atom stereocenters. The summed E-state index contributed by atoms with van der Waals surface area (Å²) in [4.78, 5) is 9.08. The number of aliphatic hydroxyl groups excluding tert-OH is 1. The predicted molar refractivity (Wildman–Crippen MR) is 105 cm³/mol. The van der Waals surface area contributed by atoms with Crippen molar-refractivity contribution in [2.75, 3.05) is 5.73 Å². The molecule has 0 aliphatic heterocycles. The lowest BCUT2D eigenvalue weighted by Crippen LogP contribution is -2.07. The van der Waals surface area contributed by atoms with E-state index in [0.29, 0.717) is 23.1 Å². The molecular weight excluding hydrogens is 324 g/mol. The van der Waals surface area contributed by atoms with Crippen molar-refractivity contribution in [3.8, 4) is 5.69 Å². The lowest BCUT2D eigenvalue weighted by atomic mass is 10.0.